The standard InChI is InChI=1S/C18H18N4O2S/c19-11-16-3-2-15(12-20-16)18(24)22-6-1-5-21(7-8-22)17(23)10-14-4-9-25-13-14/h2-4,9,12-13H,1,5-8,10H2. The van der Waals surface area contributed by atoms with Crippen molar-refractivity contribution in [2.45, 2.75) is 12.8 Å². The van der Waals surface area contributed by atoms with E-state index in [1.54, 1.807) is 28.4 Å². The molecule has 0 spiro atoms. The van der Waals surface area contributed by atoms with Crippen LogP contribution in [0.4, 0.5) is 0 Å². The van der Waals surface area contributed by atoms with Gasteiger partial charge in [-0.3, -0.25) is 9.59 Å². The molecule has 1 saturated heterocycles. The minimum Gasteiger partial charge on any atom is -0.341 e. The van der Waals surface area contributed by atoms with Gasteiger partial charge in [-0.2, -0.15) is 16.6 Å². The predicted octanol–water partition coefficient (Wildman–Crippen LogP) is 1.93. The first-order valence-electron chi connectivity index (χ1n) is 8.11. The third-order valence-corrected chi connectivity index (χ3v) is 4.93. The van der Waals surface area contributed by atoms with E-state index in [0.29, 0.717) is 38.2 Å². The summed E-state index contributed by atoms with van der Waals surface area (Å²) in [6, 6.07) is 7.07. The summed E-state index contributed by atoms with van der Waals surface area (Å²) in [6.45, 7) is 2.33. The van der Waals surface area contributed by atoms with E-state index >= 15 is 0 Å². The lowest BCUT2D eigenvalue weighted by molar-refractivity contribution is -0.130. The lowest BCUT2D eigenvalue weighted by Crippen LogP contribution is -2.38. The van der Waals surface area contributed by atoms with Crippen LogP contribution in [0.5, 0.6) is 0 Å². The van der Waals surface area contributed by atoms with Crippen LogP contribution in [0.3, 0.4) is 0 Å². The van der Waals surface area contributed by atoms with E-state index in [1.165, 1.54) is 6.20 Å². The van der Waals surface area contributed by atoms with Gasteiger partial charge in [-0.25, -0.2) is 4.98 Å². The fraction of sp³-hybridized carbons (Fsp3) is 0.333. The number of carbonyl (C=O) groups is 2. The lowest BCUT2D eigenvalue weighted by atomic mass is 10.2. The third kappa shape index (κ3) is 4.22. The first-order chi connectivity index (χ1) is 12.2. The summed E-state index contributed by atoms with van der Waals surface area (Å²) in [7, 11) is 0. The van der Waals surface area contributed by atoms with Gasteiger partial charge in [0, 0.05) is 32.4 Å². The van der Waals surface area contributed by atoms with Gasteiger partial charge in [0.1, 0.15) is 11.8 Å². The Balaban J connectivity index is 1.59. The highest BCUT2D eigenvalue weighted by molar-refractivity contribution is 7.08. The number of hydrogen-bond acceptors (Lipinski definition) is 5. The smallest absolute Gasteiger partial charge is 0.255 e. The number of nitriles is 1. The Bertz CT molecular complexity index is 780. The highest BCUT2D eigenvalue weighted by Crippen LogP contribution is 2.12. The second kappa shape index (κ2) is 7.90. The van der Waals surface area contributed by atoms with E-state index in [-0.39, 0.29) is 17.5 Å². The minimum absolute atomic E-state index is 0.104. The Hall–Kier alpha value is -2.72. The van der Waals surface area contributed by atoms with E-state index in [4.69, 9.17) is 5.26 Å². The second-order valence-corrected chi connectivity index (χ2v) is 6.66. The number of rotatable bonds is 3. The molecule has 6 nitrogen and oxygen atoms in total. The maximum atomic E-state index is 12.6. The van der Waals surface area contributed by atoms with Crippen LogP contribution in [0.15, 0.2) is 35.2 Å². The molecule has 2 aromatic rings. The van der Waals surface area contributed by atoms with Crippen molar-refractivity contribution in [3.05, 3.63) is 52.0 Å². The lowest BCUT2D eigenvalue weighted by Gasteiger charge is -2.22. The number of nitrogens with zero attached hydrogens (tertiary/aromatic N) is 4. The maximum Gasteiger partial charge on any atom is 0.255 e. The third-order valence-electron chi connectivity index (χ3n) is 4.20. The summed E-state index contributed by atoms with van der Waals surface area (Å²) in [5.74, 6) is -0.00291. The van der Waals surface area contributed by atoms with Crippen molar-refractivity contribution in [2.24, 2.45) is 0 Å². The van der Waals surface area contributed by atoms with Crippen LogP contribution >= 0.6 is 11.3 Å². The summed E-state index contributed by atoms with van der Waals surface area (Å²) in [5.41, 5.74) is 1.80. The molecule has 0 N–H and O–H groups in total. The van der Waals surface area contributed by atoms with Crippen LogP contribution in [-0.2, 0) is 11.2 Å². The molecular formula is C18H18N4O2S. The largest absolute Gasteiger partial charge is 0.341 e. The molecule has 0 atom stereocenters. The molecule has 1 aliphatic heterocycles. The van der Waals surface area contributed by atoms with E-state index in [9.17, 15) is 9.59 Å². The Morgan fingerprint density at radius 3 is 2.64 bits per heavy atom. The first kappa shape index (κ1) is 17.1. The molecule has 25 heavy (non-hydrogen) atoms. The molecule has 0 unspecified atom stereocenters. The summed E-state index contributed by atoms with van der Waals surface area (Å²) in [6.07, 6.45) is 2.60. The minimum atomic E-state index is -0.107. The van der Waals surface area contributed by atoms with Gasteiger partial charge in [0.25, 0.3) is 5.91 Å². The predicted molar refractivity (Wildman–Crippen MR) is 94.1 cm³/mol. The van der Waals surface area contributed by atoms with Gasteiger partial charge in [-0.15, -0.1) is 0 Å². The first-order valence-corrected chi connectivity index (χ1v) is 9.06. The quantitative estimate of drug-likeness (QED) is 0.844. The average Bonchev–Trinajstić information content (AvgIpc) is 3.02. The van der Waals surface area contributed by atoms with E-state index in [1.807, 2.05) is 27.8 Å². The van der Waals surface area contributed by atoms with Crippen molar-refractivity contribution < 1.29 is 9.59 Å². The molecule has 0 radical (unpaired) electrons. The second-order valence-electron chi connectivity index (χ2n) is 5.88. The van der Waals surface area contributed by atoms with Crippen LogP contribution in [0, 0.1) is 11.3 Å². The molecule has 1 aliphatic rings. The SMILES string of the molecule is N#Cc1ccc(C(=O)N2CCCN(C(=O)Cc3ccsc3)CC2)cn1. The summed E-state index contributed by atoms with van der Waals surface area (Å²) in [5, 5.41) is 12.7. The molecule has 1 fully saturated rings. The number of pyridine rings is 1. The van der Waals surface area contributed by atoms with Crippen molar-refractivity contribution >= 4 is 23.2 Å². The van der Waals surface area contributed by atoms with E-state index in [2.05, 4.69) is 4.98 Å². The van der Waals surface area contributed by atoms with Gasteiger partial charge in [0.15, 0.2) is 0 Å². The summed E-state index contributed by atoms with van der Waals surface area (Å²) < 4.78 is 0. The number of hydrogen-bond donors (Lipinski definition) is 0. The number of aromatic nitrogens is 1. The molecule has 0 bridgehead atoms. The Labute approximate surface area is 150 Å². The van der Waals surface area contributed by atoms with Crippen LogP contribution in [0.2, 0.25) is 0 Å². The van der Waals surface area contributed by atoms with Gasteiger partial charge < -0.3 is 9.80 Å². The van der Waals surface area contributed by atoms with Crippen LogP contribution in [0.1, 0.15) is 28.0 Å². The molecule has 0 saturated carbocycles. The van der Waals surface area contributed by atoms with Crippen LogP contribution < -0.4 is 0 Å². The summed E-state index contributed by atoms with van der Waals surface area (Å²) >= 11 is 1.59. The molecule has 0 aliphatic carbocycles. The Kier molecular flexibility index (Phi) is 5.41. The zero-order chi connectivity index (χ0) is 17.6. The molecule has 128 valence electrons. The topological polar surface area (TPSA) is 77.3 Å². The van der Waals surface area contributed by atoms with E-state index < -0.39 is 0 Å². The highest BCUT2D eigenvalue weighted by Gasteiger charge is 2.23. The van der Waals surface area contributed by atoms with Gasteiger partial charge in [-0.05, 0) is 40.9 Å². The van der Waals surface area contributed by atoms with Gasteiger partial charge in [0.2, 0.25) is 5.91 Å². The van der Waals surface area contributed by atoms with Gasteiger partial charge in [-0.1, -0.05) is 0 Å². The molecule has 2 amide bonds. The highest BCUT2D eigenvalue weighted by atomic mass is 32.1. The van der Waals surface area contributed by atoms with E-state index in [0.717, 1.165) is 12.0 Å². The molecular weight excluding hydrogens is 336 g/mol. The van der Waals surface area contributed by atoms with Gasteiger partial charge >= 0.3 is 0 Å². The van der Waals surface area contributed by atoms with Crippen molar-refractivity contribution in [1.29, 1.82) is 5.26 Å². The summed E-state index contributed by atoms with van der Waals surface area (Å²) in [4.78, 5) is 32.5. The average molecular weight is 354 g/mol. The van der Waals surface area contributed by atoms with Crippen LogP contribution in [0.25, 0.3) is 0 Å². The molecule has 3 rings (SSSR count). The van der Waals surface area contributed by atoms with Crippen molar-refractivity contribution in [3.63, 3.8) is 0 Å². The number of amides is 2. The molecule has 7 heteroatoms. The Morgan fingerprint density at radius 1 is 1.16 bits per heavy atom. The normalized spacial score (nSPS) is 14.7. The fourth-order valence-corrected chi connectivity index (χ4v) is 3.49. The molecule has 2 aromatic heterocycles. The van der Waals surface area contributed by atoms with Gasteiger partial charge in [0.05, 0.1) is 12.0 Å². The zero-order valence-corrected chi connectivity index (χ0v) is 14.5. The number of carbonyl (C=O) groups excluding carboxylic acids is 2. The Morgan fingerprint density at radius 2 is 1.96 bits per heavy atom. The van der Waals surface area contributed by atoms with Crippen molar-refractivity contribution in [2.75, 3.05) is 26.2 Å². The van der Waals surface area contributed by atoms with Crippen molar-refractivity contribution in [1.82, 2.24) is 14.8 Å². The van der Waals surface area contributed by atoms with Crippen molar-refractivity contribution in [3.8, 4) is 6.07 Å². The molecule has 0 aromatic carbocycles. The number of thiophene rings is 1. The zero-order valence-electron chi connectivity index (χ0n) is 13.7. The fourth-order valence-electron chi connectivity index (χ4n) is 2.82. The van der Waals surface area contributed by atoms with Crippen LogP contribution in [-0.4, -0.2) is 52.8 Å². The maximum absolute atomic E-state index is 12.6. The molecule has 3 heterocycles. The monoisotopic (exact) mass is 354 g/mol.